The Balaban J connectivity index is 3.00. The Bertz CT molecular complexity index is 496. The standard InChI is InChI=1S/C12H24N4O2S/c1-5-7-13-9-11-10(3)14-15-12(11)19(17,18)16(4)8-6-2/h13H,5-9H2,1-4H3,(H,14,15). The summed E-state index contributed by atoms with van der Waals surface area (Å²) in [4.78, 5) is 0. The van der Waals surface area contributed by atoms with Gasteiger partial charge in [-0.2, -0.15) is 9.40 Å². The van der Waals surface area contributed by atoms with Crippen LogP contribution in [0.15, 0.2) is 5.03 Å². The molecule has 1 aromatic heterocycles. The third-order valence-corrected chi connectivity index (χ3v) is 4.79. The first-order chi connectivity index (χ1) is 8.95. The highest BCUT2D eigenvalue weighted by molar-refractivity contribution is 7.89. The maximum Gasteiger partial charge on any atom is 0.262 e. The zero-order valence-electron chi connectivity index (χ0n) is 12.2. The summed E-state index contributed by atoms with van der Waals surface area (Å²) in [6.07, 6.45) is 1.79. The SMILES string of the molecule is CCCNCc1c(S(=O)(=O)N(C)CCC)n[nH]c1C. The van der Waals surface area contributed by atoms with Crippen molar-refractivity contribution in [3.05, 3.63) is 11.3 Å². The molecule has 0 radical (unpaired) electrons. The molecule has 110 valence electrons. The van der Waals surface area contributed by atoms with Crippen LogP contribution in [0.5, 0.6) is 0 Å². The summed E-state index contributed by atoms with van der Waals surface area (Å²) in [7, 11) is -1.91. The Morgan fingerprint density at radius 1 is 1.32 bits per heavy atom. The van der Waals surface area contributed by atoms with Crippen molar-refractivity contribution in [2.45, 2.75) is 45.2 Å². The number of nitrogens with zero attached hydrogens (tertiary/aromatic N) is 2. The van der Waals surface area contributed by atoms with Crippen LogP contribution in [0.1, 0.15) is 37.9 Å². The van der Waals surface area contributed by atoms with E-state index in [1.54, 1.807) is 7.05 Å². The van der Waals surface area contributed by atoms with E-state index in [0.29, 0.717) is 13.1 Å². The predicted molar refractivity (Wildman–Crippen MR) is 75.4 cm³/mol. The normalized spacial score (nSPS) is 12.3. The topological polar surface area (TPSA) is 78.1 Å². The van der Waals surface area contributed by atoms with E-state index >= 15 is 0 Å². The van der Waals surface area contributed by atoms with Crippen LogP contribution in [0.4, 0.5) is 0 Å². The van der Waals surface area contributed by atoms with Gasteiger partial charge in [0.2, 0.25) is 0 Å². The van der Waals surface area contributed by atoms with Crippen LogP contribution in [0, 0.1) is 6.92 Å². The van der Waals surface area contributed by atoms with Crippen molar-refractivity contribution < 1.29 is 8.42 Å². The van der Waals surface area contributed by atoms with Gasteiger partial charge in [-0.05, 0) is 26.3 Å². The molecule has 0 amide bonds. The molecule has 2 N–H and O–H groups in total. The number of sulfonamides is 1. The Morgan fingerprint density at radius 3 is 2.58 bits per heavy atom. The van der Waals surface area contributed by atoms with Crippen molar-refractivity contribution in [2.75, 3.05) is 20.1 Å². The molecule has 0 saturated heterocycles. The molecule has 6 nitrogen and oxygen atoms in total. The summed E-state index contributed by atoms with van der Waals surface area (Å²) in [5.41, 5.74) is 1.53. The Hall–Kier alpha value is -0.920. The van der Waals surface area contributed by atoms with E-state index in [0.717, 1.165) is 30.6 Å². The smallest absolute Gasteiger partial charge is 0.262 e. The summed E-state index contributed by atoms with van der Waals surface area (Å²) >= 11 is 0. The highest BCUT2D eigenvalue weighted by Crippen LogP contribution is 2.19. The van der Waals surface area contributed by atoms with Gasteiger partial charge in [-0.1, -0.05) is 13.8 Å². The first-order valence-corrected chi connectivity index (χ1v) is 8.10. The first-order valence-electron chi connectivity index (χ1n) is 6.66. The lowest BCUT2D eigenvalue weighted by atomic mass is 10.2. The molecule has 1 aromatic rings. The first kappa shape index (κ1) is 16.1. The summed E-state index contributed by atoms with van der Waals surface area (Å²) in [5.74, 6) is 0. The van der Waals surface area contributed by atoms with Crippen molar-refractivity contribution >= 4 is 10.0 Å². The molecular formula is C12H24N4O2S. The minimum absolute atomic E-state index is 0.143. The number of H-pyrrole nitrogens is 1. The van der Waals surface area contributed by atoms with Crippen LogP contribution < -0.4 is 5.32 Å². The highest BCUT2D eigenvalue weighted by Gasteiger charge is 2.27. The quantitative estimate of drug-likeness (QED) is 0.706. The number of aromatic nitrogens is 2. The van der Waals surface area contributed by atoms with Gasteiger partial charge < -0.3 is 5.32 Å². The van der Waals surface area contributed by atoms with Crippen molar-refractivity contribution in [2.24, 2.45) is 0 Å². The van der Waals surface area contributed by atoms with Gasteiger partial charge in [0, 0.05) is 31.4 Å². The maximum atomic E-state index is 12.4. The van der Waals surface area contributed by atoms with Gasteiger partial charge in [-0.3, -0.25) is 5.10 Å². The number of nitrogens with one attached hydrogen (secondary N) is 2. The van der Waals surface area contributed by atoms with Crippen LogP contribution in [-0.4, -0.2) is 43.1 Å². The fourth-order valence-electron chi connectivity index (χ4n) is 1.82. The number of hydrogen-bond donors (Lipinski definition) is 2. The highest BCUT2D eigenvalue weighted by atomic mass is 32.2. The van der Waals surface area contributed by atoms with E-state index in [4.69, 9.17) is 0 Å². The number of aryl methyl sites for hydroxylation is 1. The number of hydrogen-bond acceptors (Lipinski definition) is 4. The van der Waals surface area contributed by atoms with E-state index in [1.807, 2.05) is 13.8 Å². The molecule has 0 atom stereocenters. The van der Waals surface area contributed by atoms with Crippen LogP contribution in [0.3, 0.4) is 0 Å². The van der Waals surface area contributed by atoms with E-state index < -0.39 is 10.0 Å². The monoisotopic (exact) mass is 288 g/mol. The molecule has 0 fully saturated rings. The second-order valence-electron chi connectivity index (χ2n) is 4.64. The van der Waals surface area contributed by atoms with E-state index in [1.165, 1.54) is 4.31 Å². The Labute approximate surface area is 115 Å². The molecule has 0 unspecified atom stereocenters. The van der Waals surface area contributed by atoms with Crippen LogP contribution in [0.2, 0.25) is 0 Å². The van der Waals surface area contributed by atoms with Crippen LogP contribution in [-0.2, 0) is 16.6 Å². The van der Waals surface area contributed by atoms with Gasteiger partial charge in [-0.15, -0.1) is 0 Å². The molecule has 0 spiro atoms. The zero-order chi connectivity index (χ0) is 14.5. The second kappa shape index (κ2) is 7.02. The summed E-state index contributed by atoms with van der Waals surface area (Å²) in [5, 5.41) is 10.1. The molecule has 0 aliphatic heterocycles. The van der Waals surface area contributed by atoms with Gasteiger partial charge in [0.1, 0.15) is 0 Å². The lowest BCUT2D eigenvalue weighted by Gasteiger charge is -2.15. The molecular weight excluding hydrogens is 264 g/mol. The molecule has 0 bridgehead atoms. The van der Waals surface area contributed by atoms with E-state index in [9.17, 15) is 8.42 Å². The van der Waals surface area contributed by atoms with Crippen LogP contribution >= 0.6 is 0 Å². The molecule has 0 aliphatic rings. The zero-order valence-corrected chi connectivity index (χ0v) is 13.0. The molecule has 7 heteroatoms. The van der Waals surface area contributed by atoms with E-state index in [-0.39, 0.29) is 5.03 Å². The second-order valence-corrected chi connectivity index (χ2v) is 6.60. The molecule has 0 saturated carbocycles. The van der Waals surface area contributed by atoms with Gasteiger partial charge >= 0.3 is 0 Å². The van der Waals surface area contributed by atoms with Crippen molar-refractivity contribution in [1.29, 1.82) is 0 Å². The van der Waals surface area contributed by atoms with Crippen molar-refractivity contribution in [3.63, 3.8) is 0 Å². The van der Waals surface area contributed by atoms with Gasteiger partial charge in [0.05, 0.1) is 0 Å². The lowest BCUT2D eigenvalue weighted by Crippen LogP contribution is -2.29. The summed E-state index contributed by atoms with van der Waals surface area (Å²) < 4.78 is 26.2. The minimum atomic E-state index is -3.50. The maximum absolute atomic E-state index is 12.4. The number of aromatic amines is 1. The third kappa shape index (κ3) is 3.77. The fraction of sp³-hybridized carbons (Fsp3) is 0.750. The third-order valence-electron chi connectivity index (χ3n) is 2.96. The number of rotatable bonds is 8. The molecule has 0 aliphatic carbocycles. The summed E-state index contributed by atoms with van der Waals surface area (Å²) in [6, 6.07) is 0. The van der Waals surface area contributed by atoms with Crippen molar-refractivity contribution in [1.82, 2.24) is 19.8 Å². The van der Waals surface area contributed by atoms with Gasteiger partial charge in [0.15, 0.2) is 5.03 Å². The van der Waals surface area contributed by atoms with Gasteiger partial charge in [-0.25, -0.2) is 8.42 Å². The Kier molecular flexibility index (Phi) is 5.96. The van der Waals surface area contributed by atoms with E-state index in [2.05, 4.69) is 22.4 Å². The fourth-order valence-corrected chi connectivity index (χ4v) is 3.24. The minimum Gasteiger partial charge on any atom is -0.313 e. The summed E-state index contributed by atoms with van der Waals surface area (Å²) in [6.45, 7) is 7.73. The predicted octanol–water partition coefficient (Wildman–Crippen LogP) is 1.25. The Morgan fingerprint density at radius 2 is 2.00 bits per heavy atom. The molecule has 19 heavy (non-hydrogen) atoms. The largest absolute Gasteiger partial charge is 0.313 e. The lowest BCUT2D eigenvalue weighted by molar-refractivity contribution is 0.464. The average Bonchev–Trinajstić information content (AvgIpc) is 2.72. The van der Waals surface area contributed by atoms with Gasteiger partial charge in [0.25, 0.3) is 10.0 Å². The van der Waals surface area contributed by atoms with Crippen LogP contribution in [0.25, 0.3) is 0 Å². The average molecular weight is 288 g/mol. The molecule has 1 rings (SSSR count). The molecule has 1 heterocycles. The van der Waals surface area contributed by atoms with Crippen molar-refractivity contribution in [3.8, 4) is 0 Å². The molecule has 0 aromatic carbocycles.